The molecule has 0 saturated carbocycles. The third-order valence-corrected chi connectivity index (χ3v) is 13.9. The van der Waals surface area contributed by atoms with Gasteiger partial charge in [0.25, 0.3) is 0 Å². The van der Waals surface area contributed by atoms with E-state index in [2.05, 4.69) is 70.7 Å². The van der Waals surface area contributed by atoms with Crippen LogP contribution in [0, 0.1) is 23.7 Å². The fraction of sp³-hybridized carbons (Fsp3) is 0.780. The lowest BCUT2D eigenvalue weighted by Crippen LogP contribution is -2.64. The van der Waals surface area contributed by atoms with E-state index in [0.717, 1.165) is 38.5 Å². The maximum atomic E-state index is 13.6. The molecule has 12 amide bonds. The number of esters is 1. The number of hydrogen-bond acceptors (Lipinski definition) is 14. The largest absolute Gasteiger partial charge is 0.467 e. The van der Waals surface area contributed by atoms with Crippen molar-refractivity contribution in [2.75, 3.05) is 33.3 Å². The quantitative estimate of drug-likeness (QED) is 0.0306. The molecule has 0 aromatic carbocycles. The molecular formula is C59H106N12O14. The number of hydrogen-bond donors (Lipinski definition) is 12. The van der Waals surface area contributed by atoms with Gasteiger partial charge in [-0.1, -0.05) is 114 Å². The van der Waals surface area contributed by atoms with Gasteiger partial charge in [0.05, 0.1) is 33.3 Å². The fourth-order valence-electron chi connectivity index (χ4n) is 8.74. The highest BCUT2D eigenvalue weighted by Crippen LogP contribution is 2.20. The molecule has 12 N–H and O–H groups in total. The minimum atomic E-state index is -1.64. The van der Waals surface area contributed by atoms with Crippen LogP contribution in [0.3, 0.4) is 0 Å². The molecule has 0 spiro atoms. The van der Waals surface area contributed by atoms with E-state index in [9.17, 15) is 62.3 Å². The highest BCUT2D eigenvalue weighted by Gasteiger charge is 2.40. The van der Waals surface area contributed by atoms with Crippen LogP contribution in [0.4, 0.5) is 0 Å². The van der Waals surface area contributed by atoms with Crippen LogP contribution in [0.1, 0.15) is 195 Å². The Morgan fingerprint density at radius 1 is 0.412 bits per heavy atom. The summed E-state index contributed by atoms with van der Waals surface area (Å²) in [5.74, 6) is -9.56. The number of methoxy groups -OCH3 is 1. The number of carbonyl (C=O) groups is 13. The third kappa shape index (κ3) is 30.7. The van der Waals surface area contributed by atoms with E-state index >= 15 is 0 Å². The second kappa shape index (κ2) is 37.5. The molecule has 0 unspecified atom stereocenters. The van der Waals surface area contributed by atoms with Gasteiger partial charge >= 0.3 is 5.97 Å². The molecule has 0 saturated heterocycles. The highest BCUT2D eigenvalue weighted by atomic mass is 16.5. The first-order chi connectivity index (χ1) is 39.3. The van der Waals surface area contributed by atoms with Crippen molar-refractivity contribution in [3.05, 3.63) is 0 Å². The molecule has 0 fully saturated rings. The zero-order valence-electron chi connectivity index (χ0n) is 54.1. The first kappa shape index (κ1) is 78.1. The van der Waals surface area contributed by atoms with Gasteiger partial charge in [-0.2, -0.15) is 0 Å². The van der Waals surface area contributed by atoms with Gasteiger partial charge in [0, 0.05) is 6.92 Å². The number of unbranched alkanes of at least 4 members (excludes halogenated alkanes) is 6. The van der Waals surface area contributed by atoms with Crippen LogP contribution in [0.25, 0.3) is 0 Å². The lowest BCUT2D eigenvalue weighted by Gasteiger charge is -2.34. The molecule has 0 radical (unpaired) electrons. The van der Waals surface area contributed by atoms with Gasteiger partial charge in [-0.05, 0) is 97.8 Å². The van der Waals surface area contributed by atoms with Gasteiger partial charge in [0.15, 0.2) is 0 Å². The molecule has 6 atom stereocenters. The summed E-state index contributed by atoms with van der Waals surface area (Å²) < 4.78 is 4.84. The number of carbonyl (C=O) groups excluding carboxylic acids is 13. The van der Waals surface area contributed by atoms with E-state index in [1.54, 1.807) is 27.7 Å². The first-order valence-electron chi connectivity index (χ1n) is 29.9. The molecule has 85 heavy (non-hydrogen) atoms. The average Bonchev–Trinajstić information content (AvgIpc) is 3.55. The highest BCUT2D eigenvalue weighted by molar-refractivity contribution is 6.00. The van der Waals surface area contributed by atoms with Gasteiger partial charge in [-0.15, -0.1) is 0 Å². The minimum Gasteiger partial charge on any atom is -0.467 e. The molecule has 0 aromatic rings. The Morgan fingerprint density at radius 2 is 0.788 bits per heavy atom. The lowest BCUT2D eigenvalue weighted by atomic mass is 9.90. The first-order valence-corrected chi connectivity index (χ1v) is 29.9. The summed E-state index contributed by atoms with van der Waals surface area (Å²) in [6, 6.07) is -4.34. The second-order valence-corrected chi connectivity index (χ2v) is 25.2. The van der Waals surface area contributed by atoms with Gasteiger partial charge in [0.2, 0.25) is 70.9 Å². The van der Waals surface area contributed by atoms with Gasteiger partial charge < -0.3 is 68.5 Å². The minimum absolute atomic E-state index is 0.0437. The summed E-state index contributed by atoms with van der Waals surface area (Å²) in [7, 11) is 1.21. The maximum Gasteiger partial charge on any atom is 0.328 e. The average molecular weight is 1210 g/mol. The Bertz CT molecular complexity index is 2290. The Balaban J connectivity index is 5.53. The Kier molecular flexibility index (Phi) is 34.5. The zero-order valence-corrected chi connectivity index (χ0v) is 54.1. The van der Waals surface area contributed by atoms with E-state index in [1.807, 2.05) is 34.6 Å². The molecule has 486 valence electrons. The normalized spacial score (nSPS) is 14.1. The summed E-state index contributed by atoms with van der Waals surface area (Å²) in [5.41, 5.74) is -6.08. The summed E-state index contributed by atoms with van der Waals surface area (Å²) in [5, 5.41) is 30.8. The molecule has 0 aliphatic rings. The van der Waals surface area contributed by atoms with Crippen LogP contribution in [0.15, 0.2) is 0 Å². The molecular weight excluding hydrogens is 1100 g/mol. The molecule has 0 aliphatic carbocycles. The van der Waals surface area contributed by atoms with Crippen LogP contribution in [0.5, 0.6) is 0 Å². The van der Waals surface area contributed by atoms with E-state index in [1.165, 1.54) is 55.6 Å². The molecule has 0 heterocycles. The molecule has 0 rings (SSSR count). The summed E-state index contributed by atoms with van der Waals surface area (Å²) in [6.07, 6.45) is 8.45. The van der Waals surface area contributed by atoms with E-state index in [4.69, 9.17) is 4.74 Å². The van der Waals surface area contributed by atoms with Crippen LogP contribution >= 0.6 is 0 Å². The summed E-state index contributed by atoms with van der Waals surface area (Å²) in [4.78, 5) is 171. The van der Waals surface area contributed by atoms with Crippen molar-refractivity contribution >= 4 is 76.9 Å². The van der Waals surface area contributed by atoms with E-state index in [0.29, 0.717) is 25.7 Å². The SMILES string of the molecule is CCCCCCCCC[C@](C)(NC(C)=O)C(=O)NC(C)(C)C(=O)NCC(=O)N[C@@H](CC(C)C)C(=O)NC(C)(C)C(=O)NCC(=O)NCC(=O)N[C@@H](CC(C)C)C(=O)NC(C)(C)C(=O)NCC(=O)N[C@H](C(=O)N[C@@H](CC(C)C)C(=O)OC)[C@@H](C)CC. The van der Waals surface area contributed by atoms with Crippen molar-refractivity contribution in [3.8, 4) is 0 Å². The van der Waals surface area contributed by atoms with Crippen molar-refractivity contribution in [1.29, 1.82) is 0 Å². The second-order valence-electron chi connectivity index (χ2n) is 25.2. The van der Waals surface area contributed by atoms with Gasteiger partial charge in [-0.25, -0.2) is 4.79 Å². The Labute approximate surface area is 504 Å². The predicted octanol–water partition coefficient (Wildman–Crippen LogP) is 1.47. The van der Waals surface area contributed by atoms with Crippen LogP contribution in [0.2, 0.25) is 0 Å². The number of nitrogens with one attached hydrogen (secondary N) is 12. The van der Waals surface area contributed by atoms with Crippen molar-refractivity contribution < 1.29 is 67.1 Å². The lowest BCUT2D eigenvalue weighted by molar-refractivity contribution is -0.146. The van der Waals surface area contributed by atoms with Crippen molar-refractivity contribution in [1.82, 2.24) is 63.8 Å². The zero-order chi connectivity index (χ0) is 65.6. The number of rotatable bonds is 40. The smallest absolute Gasteiger partial charge is 0.328 e. The Morgan fingerprint density at radius 3 is 1.19 bits per heavy atom. The molecule has 0 bridgehead atoms. The summed E-state index contributed by atoms with van der Waals surface area (Å²) in [6.45, 7) is 25.6. The van der Waals surface area contributed by atoms with Gasteiger partial charge in [0.1, 0.15) is 46.3 Å². The maximum absolute atomic E-state index is 13.6. The van der Waals surface area contributed by atoms with Gasteiger partial charge in [-0.3, -0.25) is 57.5 Å². The summed E-state index contributed by atoms with van der Waals surface area (Å²) >= 11 is 0. The van der Waals surface area contributed by atoms with E-state index < -0.39 is 149 Å². The number of ether oxygens (including phenoxy) is 1. The predicted molar refractivity (Wildman–Crippen MR) is 321 cm³/mol. The molecule has 26 heteroatoms. The van der Waals surface area contributed by atoms with E-state index in [-0.39, 0.29) is 36.5 Å². The van der Waals surface area contributed by atoms with Crippen molar-refractivity contribution in [2.45, 2.75) is 241 Å². The third-order valence-electron chi connectivity index (χ3n) is 13.9. The van der Waals surface area contributed by atoms with Crippen molar-refractivity contribution in [3.63, 3.8) is 0 Å². The van der Waals surface area contributed by atoms with Crippen LogP contribution in [-0.4, -0.2) is 156 Å². The monoisotopic (exact) mass is 1210 g/mol. The standard InChI is InChI=1S/C59H106N12O14/c1-19-21-22-23-24-25-26-27-59(17,68-39(10)72)55(84)71-58(15,16)54(83)62-33-45(75)65-41(29-36(5)6)49(78)69-56(11,12)52(81)61-31-43(73)60-32-44(74)64-40(28-35(3)4)48(77)70-57(13,14)53(82)63-34-46(76)67-47(38(9)20-2)50(79)66-42(30-37(7)8)51(80)85-18/h35-38,40-42,47H,19-34H2,1-18H3,(H,60,73)(H,61,81)(H,62,83)(H,63,82)(H,64,74)(H,65,75)(H,66,79)(H,67,76)(H,68,72)(H,69,78)(H,70,77)(H,71,84)/t38-,40-,41-,42-,47-,59-/m0/s1. The van der Waals surface area contributed by atoms with Crippen LogP contribution < -0.4 is 63.8 Å². The van der Waals surface area contributed by atoms with Crippen LogP contribution in [-0.2, 0) is 67.1 Å². The van der Waals surface area contributed by atoms with Crippen molar-refractivity contribution in [2.24, 2.45) is 23.7 Å². The number of amides is 12. The molecule has 0 aliphatic heterocycles. The topological polar surface area (TPSA) is 375 Å². The fourth-order valence-corrected chi connectivity index (χ4v) is 8.74. The Hall–Kier alpha value is -6.89. The molecule has 26 nitrogen and oxygen atoms in total. The molecule has 0 aromatic heterocycles.